The van der Waals surface area contributed by atoms with E-state index in [0.29, 0.717) is 5.92 Å². The van der Waals surface area contributed by atoms with Crippen molar-refractivity contribution >= 4 is 18.3 Å². The molecule has 2 atom stereocenters. The Labute approximate surface area is 155 Å². The molecule has 1 aliphatic heterocycles. The van der Waals surface area contributed by atoms with E-state index < -0.39 is 6.04 Å². The van der Waals surface area contributed by atoms with Gasteiger partial charge in [0, 0.05) is 19.0 Å². The fourth-order valence-corrected chi connectivity index (χ4v) is 3.22. The summed E-state index contributed by atoms with van der Waals surface area (Å²) in [7, 11) is 1.66. The van der Waals surface area contributed by atoms with Crippen LogP contribution in [0.4, 0.5) is 0 Å². The standard InChI is InChI=1S/C20H24N2O2.ClH/c1-14-3-5-16(6-4-14)19(21)20(23)22-12-11-17(13-22)15-7-9-18(24-2)10-8-15;/h3-10,17,19H,11-13,21H2,1-2H3;1H. The molecule has 0 bridgehead atoms. The lowest BCUT2D eigenvalue weighted by atomic mass is 9.98. The average molecular weight is 361 g/mol. The van der Waals surface area contributed by atoms with Gasteiger partial charge in [0.25, 0.3) is 0 Å². The Morgan fingerprint density at radius 1 is 1.16 bits per heavy atom. The number of rotatable bonds is 4. The molecule has 1 fully saturated rings. The number of carbonyl (C=O) groups excluding carboxylic acids is 1. The molecule has 2 aromatic rings. The minimum Gasteiger partial charge on any atom is -0.497 e. The Morgan fingerprint density at radius 3 is 2.40 bits per heavy atom. The smallest absolute Gasteiger partial charge is 0.244 e. The minimum atomic E-state index is -0.583. The highest BCUT2D eigenvalue weighted by Crippen LogP contribution is 2.29. The molecule has 1 amide bonds. The van der Waals surface area contributed by atoms with E-state index in [1.165, 1.54) is 11.1 Å². The summed E-state index contributed by atoms with van der Waals surface area (Å²) in [6, 6.07) is 15.4. The molecule has 0 spiro atoms. The molecule has 134 valence electrons. The first kappa shape index (κ1) is 19.3. The SMILES string of the molecule is COc1ccc(C2CCN(C(=O)C(N)c3ccc(C)cc3)C2)cc1.Cl. The van der Waals surface area contributed by atoms with E-state index >= 15 is 0 Å². The molecule has 4 nitrogen and oxygen atoms in total. The van der Waals surface area contributed by atoms with Gasteiger partial charge < -0.3 is 15.4 Å². The second-order valence-electron chi connectivity index (χ2n) is 6.43. The molecule has 1 heterocycles. The second-order valence-corrected chi connectivity index (χ2v) is 6.43. The predicted molar refractivity (Wildman–Crippen MR) is 102 cm³/mol. The van der Waals surface area contributed by atoms with Crippen LogP contribution in [-0.4, -0.2) is 31.0 Å². The molecule has 2 aromatic carbocycles. The van der Waals surface area contributed by atoms with Crippen LogP contribution in [0.5, 0.6) is 5.75 Å². The largest absolute Gasteiger partial charge is 0.497 e. The zero-order chi connectivity index (χ0) is 17.1. The van der Waals surface area contributed by atoms with Gasteiger partial charge in [-0.05, 0) is 36.6 Å². The van der Waals surface area contributed by atoms with Crippen LogP contribution < -0.4 is 10.5 Å². The van der Waals surface area contributed by atoms with Crippen molar-refractivity contribution in [2.24, 2.45) is 5.73 Å². The van der Waals surface area contributed by atoms with Crippen molar-refractivity contribution in [1.29, 1.82) is 0 Å². The number of amides is 1. The number of hydrogen-bond donors (Lipinski definition) is 1. The van der Waals surface area contributed by atoms with E-state index in [4.69, 9.17) is 10.5 Å². The van der Waals surface area contributed by atoms with Crippen LogP contribution in [0.1, 0.15) is 35.1 Å². The highest BCUT2D eigenvalue weighted by atomic mass is 35.5. The summed E-state index contributed by atoms with van der Waals surface area (Å²) in [4.78, 5) is 14.6. The number of methoxy groups -OCH3 is 1. The van der Waals surface area contributed by atoms with Crippen LogP contribution >= 0.6 is 12.4 Å². The highest BCUT2D eigenvalue weighted by Gasteiger charge is 2.30. The van der Waals surface area contributed by atoms with E-state index in [1.54, 1.807) is 7.11 Å². The van der Waals surface area contributed by atoms with E-state index in [1.807, 2.05) is 48.2 Å². The van der Waals surface area contributed by atoms with Gasteiger partial charge in [-0.25, -0.2) is 0 Å². The fraction of sp³-hybridized carbons (Fsp3) is 0.350. The van der Waals surface area contributed by atoms with Gasteiger partial charge in [-0.15, -0.1) is 12.4 Å². The van der Waals surface area contributed by atoms with Crippen molar-refractivity contribution in [3.8, 4) is 5.75 Å². The van der Waals surface area contributed by atoms with Crippen molar-refractivity contribution < 1.29 is 9.53 Å². The molecule has 1 saturated heterocycles. The lowest BCUT2D eigenvalue weighted by Gasteiger charge is -2.21. The van der Waals surface area contributed by atoms with Crippen LogP contribution in [0, 0.1) is 6.92 Å². The van der Waals surface area contributed by atoms with Crippen LogP contribution in [0.3, 0.4) is 0 Å². The number of ether oxygens (including phenoxy) is 1. The number of benzene rings is 2. The topological polar surface area (TPSA) is 55.6 Å². The molecular formula is C20H25ClN2O2. The summed E-state index contributed by atoms with van der Waals surface area (Å²) in [6.45, 7) is 3.51. The van der Waals surface area contributed by atoms with Crippen molar-refractivity contribution in [1.82, 2.24) is 4.90 Å². The summed E-state index contributed by atoms with van der Waals surface area (Å²) in [5.41, 5.74) is 9.47. The Bertz CT molecular complexity index is 701. The molecule has 0 aromatic heterocycles. The number of carbonyl (C=O) groups is 1. The van der Waals surface area contributed by atoms with Gasteiger partial charge in [-0.3, -0.25) is 4.79 Å². The third-order valence-corrected chi connectivity index (χ3v) is 4.79. The second kappa shape index (κ2) is 8.37. The lowest BCUT2D eigenvalue weighted by molar-refractivity contribution is -0.131. The summed E-state index contributed by atoms with van der Waals surface area (Å²) >= 11 is 0. The van der Waals surface area contributed by atoms with Crippen molar-refractivity contribution in [3.05, 3.63) is 65.2 Å². The monoisotopic (exact) mass is 360 g/mol. The third-order valence-electron chi connectivity index (χ3n) is 4.79. The van der Waals surface area contributed by atoms with Crippen LogP contribution in [-0.2, 0) is 4.79 Å². The number of likely N-dealkylation sites (tertiary alicyclic amines) is 1. The molecule has 0 aliphatic carbocycles. The van der Waals surface area contributed by atoms with E-state index in [0.717, 1.165) is 30.8 Å². The summed E-state index contributed by atoms with van der Waals surface area (Å²) < 4.78 is 5.20. The molecular weight excluding hydrogens is 336 g/mol. The number of nitrogens with zero attached hydrogens (tertiary/aromatic N) is 1. The van der Waals surface area contributed by atoms with Crippen LogP contribution in [0.15, 0.2) is 48.5 Å². The summed E-state index contributed by atoms with van der Waals surface area (Å²) in [6.07, 6.45) is 0.971. The maximum Gasteiger partial charge on any atom is 0.244 e. The molecule has 1 aliphatic rings. The Balaban J connectivity index is 0.00000225. The van der Waals surface area contributed by atoms with E-state index in [-0.39, 0.29) is 18.3 Å². The highest BCUT2D eigenvalue weighted by molar-refractivity contribution is 5.85. The number of aryl methyl sites for hydroxylation is 1. The summed E-state index contributed by atoms with van der Waals surface area (Å²) in [5, 5.41) is 0. The van der Waals surface area contributed by atoms with Gasteiger partial charge in [0.05, 0.1) is 7.11 Å². The van der Waals surface area contributed by atoms with Gasteiger partial charge in [0.1, 0.15) is 11.8 Å². The first-order chi connectivity index (χ1) is 11.6. The van der Waals surface area contributed by atoms with Gasteiger partial charge >= 0.3 is 0 Å². The molecule has 2 unspecified atom stereocenters. The minimum absolute atomic E-state index is 0. The normalized spacial score (nSPS) is 17.7. The molecule has 5 heteroatoms. The zero-order valence-corrected chi connectivity index (χ0v) is 15.5. The maximum atomic E-state index is 12.7. The molecule has 2 N–H and O–H groups in total. The van der Waals surface area contributed by atoms with E-state index in [9.17, 15) is 4.79 Å². The van der Waals surface area contributed by atoms with Gasteiger partial charge in [-0.2, -0.15) is 0 Å². The summed E-state index contributed by atoms with van der Waals surface area (Å²) in [5.74, 6) is 1.23. The Hall–Kier alpha value is -2.04. The van der Waals surface area contributed by atoms with Gasteiger partial charge in [0.15, 0.2) is 0 Å². The van der Waals surface area contributed by atoms with Crippen LogP contribution in [0.25, 0.3) is 0 Å². The Kier molecular flexibility index (Phi) is 6.45. The molecule has 0 saturated carbocycles. The van der Waals surface area contributed by atoms with Crippen molar-refractivity contribution in [2.45, 2.75) is 25.3 Å². The molecule has 25 heavy (non-hydrogen) atoms. The first-order valence-corrected chi connectivity index (χ1v) is 8.33. The zero-order valence-electron chi connectivity index (χ0n) is 14.6. The Morgan fingerprint density at radius 2 is 1.80 bits per heavy atom. The first-order valence-electron chi connectivity index (χ1n) is 8.33. The fourth-order valence-electron chi connectivity index (χ4n) is 3.22. The van der Waals surface area contributed by atoms with Gasteiger partial charge in [0.2, 0.25) is 5.91 Å². The maximum absolute atomic E-state index is 12.7. The van der Waals surface area contributed by atoms with Gasteiger partial charge in [-0.1, -0.05) is 42.0 Å². The quantitative estimate of drug-likeness (QED) is 0.908. The number of halogens is 1. The van der Waals surface area contributed by atoms with Crippen molar-refractivity contribution in [2.75, 3.05) is 20.2 Å². The predicted octanol–water partition coefficient (Wildman–Crippen LogP) is 3.44. The number of hydrogen-bond acceptors (Lipinski definition) is 3. The lowest BCUT2D eigenvalue weighted by Crippen LogP contribution is -2.37. The van der Waals surface area contributed by atoms with Crippen LogP contribution in [0.2, 0.25) is 0 Å². The molecule has 0 radical (unpaired) electrons. The average Bonchev–Trinajstić information content (AvgIpc) is 3.11. The van der Waals surface area contributed by atoms with E-state index in [2.05, 4.69) is 12.1 Å². The molecule has 3 rings (SSSR count). The number of nitrogens with two attached hydrogens (primary N) is 1. The third kappa shape index (κ3) is 4.33. The van der Waals surface area contributed by atoms with Crippen molar-refractivity contribution in [3.63, 3.8) is 0 Å².